The molecule has 2 aliphatic heterocycles. The number of alkyl halides is 2. The van der Waals surface area contributed by atoms with Crippen molar-refractivity contribution in [3.05, 3.63) is 17.0 Å². The first-order valence-corrected chi connectivity index (χ1v) is 8.62. The van der Waals surface area contributed by atoms with E-state index < -0.39 is 30.1 Å². The van der Waals surface area contributed by atoms with Crippen LogP contribution in [-0.4, -0.2) is 43.6 Å². The Kier molecular flexibility index (Phi) is 4.29. The molecule has 1 N–H and O–H groups in total. The molecule has 0 saturated carbocycles. The number of halogens is 2. The molecular weight excluding hydrogens is 332 g/mol. The standard InChI is InChI=1S/C17H25F2N3O3/c1-10-7-13-12(9-21(10)15(24)25-16(2,3)4)14-17(18,19)8-11(23)5-6-22(14)20-13/h10-11,23H,5-9H2,1-4H3/t10-,11?/m1/s1. The van der Waals surface area contributed by atoms with Gasteiger partial charge >= 0.3 is 6.09 Å². The molecule has 2 atom stereocenters. The van der Waals surface area contributed by atoms with E-state index in [-0.39, 0.29) is 31.2 Å². The molecule has 0 saturated heterocycles. The summed E-state index contributed by atoms with van der Waals surface area (Å²) in [5.74, 6) is -3.17. The zero-order chi connectivity index (χ0) is 18.6. The number of nitrogens with zero attached hydrogens (tertiary/aromatic N) is 3. The van der Waals surface area contributed by atoms with Crippen LogP contribution in [0.1, 0.15) is 57.5 Å². The fraction of sp³-hybridized carbons (Fsp3) is 0.765. The topological polar surface area (TPSA) is 67.6 Å². The van der Waals surface area contributed by atoms with Gasteiger partial charge in [-0.15, -0.1) is 0 Å². The number of hydrogen-bond donors (Lipinski definition) is 1. The third-order valence-electron chi connectivity index (χ3n) is 4.62. The van der Waals surface area contributed by atoms with Crippen molar-refractivity contribution in [2.24, 2.45) is 0 Å². The number of fused-ring (bicyclic) bond motifs is 3. The molecule has 1 aromatic rings. The highest BCUT2D eigenvalue weighted by atomic mass is 19.3. The summed E-state index contributed by atoms with van der Waals surface area (Å²) < 4.78 is 36.1. The Bertz CT molecular complexity index is 681. The predicted molar refractivity (Wildman–Crippen MR) is 86.3 cm³/mol. The SMILES string of the molecule is C[C@@H]1Cc2nn3c(c2CN1C(=O)OC(C)(C)C)C(F)(F)CC(O)CC3. The van der Waals surface area contributed by atoms with Gasteiger partial charge in [-0.25, -0.2) is 4.79 Å². The number of rotatable bonds is 0. The van der Waals surface area contributed by atoms with Gasteiger partial charge in [0.05, 0.1) is 18.3 Å². The molecule has 0 aliphatic carbocycles. The number of aliphatic hydroxyl groups is 1. The average Bonchev–Trinajstić information content (AvgIpc) is 2.74. The van der Waals surface area contributed by atoms with Gasteiger partial charge < -0.3 is 14.7 Å². The molecule has 0 aromatic carbocycles. The Morgan fingerprint density at radius 1 is 1.40 bits per heavy atom. The first-order chi connectivity index (χ1) is 11.5. The number of aryl methyl sites for hydroxylation is 1. The van der Waals surface area contributed by atoms with Gasteiger partial charge in [-0.2, -0.15) is 13.9 Å². The normalized spacial score (nSPS) is 25.8. The number of amides is 1. The quantitative estimate of drug-likeness (QED) is 0.775. The van der Waals surface area contributed by atoms with Crippen molar-refractivity contribution in [1.82, 2.24) is 14.7 Å². The van der Waals surface area contributed by atoms with E-state index in [1.165, 1.54) is 9.58 Å². The maximum atomic E-state index is 14.7. The van der Waals surface area contributed by atoms with E-state index >= 15 is 0 Å². The van der Waals surface area contributed by atoms with Crippen LogP contribution in [0.15, 0.2) is 0 Å². The van der Waals surface area contributed by atoms with Crippen molar-refractivity contribution >= 4 is 6.09 Å². The van der Waals surface area contributed by atoms with Crippen LogP contribution in [-0.2, 0) is 30.2 Å². The number of carbonyl (C=O) groups excluding carboxylic acids is 1. The van der Waals surface area contributed by atoms with E-state index in [1.807, 2.05) is 6.92 Å². The average molecular weight is 357 g/mol. The minimum atomic E-state index is -3.17. The minimum absolute atomic E-state index is 0.0480. The van der Waals surface area contributed by atoms with Crippen LogP contribution in [0.5, 0.6) is 0 Å². The molecule has 0 spiro atoms. The maximum absolute atomic E-state index is 14.7. The number of ether oxygens (including phenoxy) is 1. The first-order valence-electron chi connectivity index (χ1n) is 8.62. The molecule has 0 fully saturated rings. The van der Waals surface area contributed by atoms with Crippen molar-refractivity contribution in [3.8, 4) is 0 Å². The highest BCUT2D eigenvalue weighted by Crippen LogP contribution is 2.41. The Labute approximate surface area is 145 Å². The summed E-state index contributed by atoms with van der Waals surface area (Å²) in [4.78, 5) is 13.9. The monoisotopic (exact) mass is 357 g/mol. The van der Waals surface area contributed by atoms with E-state index in [0.29, 0.717) is 17.7 Å². The molecule has 3 rings (SSSR count). The van der Waals surface area contributed by atoms with Gasteiger partial charge in [-0.3, -0.25) is 4.68 Å². The van der Waals surface area contributed by atoms with Crippen LogP contribution in [0.4, 0.5) is 13.6 Å². The van der Waals surface area contributed by atoms with Gasteiger partial charge in [0.2, 0.25) is 0 Å². The largest absolute Gasteiger partial charge is 0.444 e. The summed E-state index contributed by atoms with van der Waals surface area (Å²) in [6, 6.07) is -0.180. The van der Waals surface area contributed by atoms with Crippen LogP contribution in [0, 0.1) is 0 Å². The molecule has 1 amide bonds. The molecule has 140 valence electrons. The molecule has 25 heavy (non-hydrogen) atoms. The number of carbonyl (C=O) groups is 1. The zero-order valence-electron chi connectivity index (χ0n) is 15.1. The Balaban J connectivity index is 1.95. The summed E-state index contributed by atoms with van der Waals surface area (Å²) >= 11 is 0. The van der Waals surface area contributed by atoms with E-state index in [9.17, 15) is 18.7 Å². The van der Waals surface area contributed by atoms with Crippen LogP contribution < -0.4 is 0 Å². The van der Waals surface area contributed by atoms with Gasteiger partial charge in [0.15, 0.2) is 0 Å². The fourth-order valence-electron chi connectivity index (χ4n) is 3.50. The van der Waals surface area contributed by atoms with E-state index in [0.717, 1.165) is 0 Å². The molecule has 2 aliphatic rings. The molecule has 6 nitrogen and oxygen atoms in total. The Morgan fingerprint density at radius 3 is 2.72 bits per heavy atom. The molecule has 1 unspecified atom stereocenters. The third kappa shape index (κ3) is 3.49. The summed E-state index contributed by atoms with van der Waals surface area (Å²) in [5, 5.41) is 14.1. The van der Waals surface area contributed by atoms with Crippen LogP contribution in [0.3, 0.4) is 0 Å². The summed E-state index contributed by atoms with van der Waals surface area (Å²) in [7, 11) is 0. The molecule has 3 heterocycles. The third-order valence-corrected chi connectivity index (χ3v) is 4.62. The zero-order valence-corrected chi connectivity index (χ0v) is 15.1. The summed E-state index contributed by atoms with van der Waals surface area (Å²) in [5.41, 5.74) is 0.182. The second-order valence-electron chi connectivity index (χ2n) is 8.01. The number of hydrogen-bond acceptors (Lipinski definition) is 4. The van der Waals surface area contributed by atoms with Gasteiger partial charge in [0.1, 0.15) is 11.3 Å². The van der Waals surface area contributed by atoms with Gasteiger partial charge in [0.25, 0.3) is 5.92 Å². The first kappa shape index (κ1) is 18.1. The molecular formula is C17H25F2N3O3. The molecule has 8 heteroatoms. The highest BCUT2D eigenvalue weighted by Gasteiger charge is 2.45. The highest BCUT2D eigenvalue weighted by molar-refractivity contribution is 5.69. The lowest BCUT2D eigenvalue weighted by atomic mass is 9.96. The number of aliphatic hydroxyl groups excluding tert-OH is 1. The predicted octanol–water partition coefficient (Wildman–Crippen LogP) is 2.81. The Hall–Kier alpha value is -1.70. The second-order valence-corrected chi connectivity index (χ2v) is 8.01. The van der Waals surface area contributed by atoms with Crippen molar-refractivity contribution in [2.75, 3.05) is 0 Å². The van der Waals surface area contributed by atoms with Crippen molar-refractivity contribution in [3.63, 3.8) is 0 Å². The van der Waals surface area contributed by atoms with Crippen LogP contribution in [0.2, 0.25) is 0 Å². The van der Waals surface area contributed by atoms with Crippen LogP contribution >= 0.6 is 0 Å². The maximum Gasteiger partial charge on any atom is 0.410 e. The second kappa shape index (κ2) is 5.93. The molecule has 0 bridgehead atoms. The lowest BCUT2D eigenvalue weighted by Gasteiger charge is -2.35. The van der Waals surface area contributed by atoms with Crippen molar-refractivity contribution in [2.45, 2.75) is 83.7 Å². The van der Waals surface area contributed by atoms with Gasteiger partial charge in [0, 0.05) is 31.0 Å². The van der Waals surface area contributed by atoms with Crippen molar-refractivity contribution in [1.29, 1.82) is 0 Å². The van der Waals surface area contributed by atoms with Gasteiger partial charge in [-0.05, 0) is 34.1 Å². The van der Waals surface area contributed by atoms with Crippen molar-refractivity contribution < 1.29 is 23.4 Å². The summed E-state index contributed by atoms with van der Waals surface area (Å²) in [6.07, 6.45) is -1.53. The molecule has 0 radical (unpaired) electrons. The van der Waals surface area contributed by atoms with Crippen LogP contribution in [0.25, 0.3) is 0 Å². The smallest absolute Gasteiger partial charge is 0.410 e. The van der Waals surface area contributed by atoms with E-state index in [1.54, 1.807) is 20.8 Å². The van der Waals surface area contributed by atoms with E-state index in [2.05, 4.69) is 5.10 Å². The lowest BCUT2D eigenvalue weighted by Crippen LogP contribution is -2.45. The minimum Gasteiger partial charge on any atom is -0.444 e. The van der Waals surface area contributed by atoms with Gasteiger partial charge in [-0.1, -0.05) is 0 Å². The molecule has 1 aromatic heterocycles. The number of aromatic nitrogens is 2. The van der Waals surface area contributed by atoms with E-state index in [4.69, 9.17) is 4.74 Å². The Morgan fingerprint density at radius 2 is 2.08 bits per heavy atom. The lowest BCUT2D eigenvalue weighted by molar-refractivity contribution is -0.0513. The summed E-state index contributed by atoms with van der Waals surface area (Å²) in [6.45, 7) is 7.47. The fourth-order valence-corrected chi connectivity index (χ4v) is 3.50.